The molecular weight excluding hydrogens is 394 g/mol. The van der Waals surface area contributed by atoms with Crippen molar-refractivity contribution in [3.8, 4) is 0 Å². The first-order chi connectivity index (χ1) is 12.8. The Morgan fingerprint density at radius 2 is 2.07 bits per heavy atom. The molecule has 0 aliphatic heterocycles. The normalized spacial score (nSPS) is 11.8. The molecule has 1 atom stereocenters. The lowest BCUT2D eigenvalue weighted by molar-refractivity contribution is -0.384. The van der Waals surface area contributed by atoms with Crippen molar-refractivity contribution >= 4 is 56.4 Å². The van der Waals surface area contributed by atoms with E-state index in [-0.39, 0.29) is 16.4 Å². The highest BCUT2D eigenvalue weighted by atomic mass is 35.5. The fourth-order valence-corrected chi connectivity index (χ4v) is 3.16. The molecule has 8 nitrogen and oxygen atoms in total. The van der Waals surface area contributed by atoms with E-state index in [4.69, 9.17) is 16.3 Å². The summed E-state index contributed by atoms with van der Waals surface area (Å²) >= 11 is 7.33. The SMILES string of the molecule is C[C@H](OC(=O)c1ccc2ncsc2c1)C(=O)Nc1ccc([N+](=O)[O-])cc1Cl. The zero-order chi connectivity index (χ0) is 19.6. The molecule has 0 saturated heterocycles. The molecule has 0 spiro atoms. The van der Waals surface area contributed by atoms with Crippen molar-refractivity contribution in [2.75, 3.05) is 5.32 Å². The number of hydrogen-bond donors (Lipinski definition) is 1. The number of carbonyl (C=O) groups excluding carboxylic acids is 2. The van der Waals surface area contributed by atoms with Crippen LogP contribution in [0.3, 0.4) is 0 Å². The van der Waals surface area contributed by atoms with Crippen LogP contribution in [-0.2, 0) is 9.53 Å². The molecule has 138 valence electrons. The van der Waals surface area contributed by atoms with E-state index in [1.54, 1.807) is 23.7 Å². The van der Waals surface area contributed by atoms with Gasteiger partial charge in [0.1, 0.15) is 0 Å². The van der Waals surface area contributed by atoms with Gasteiger partial charge in [0, 0.05) is 12.1 Å². The van der Waals surface area contributed by atoms with Gasteiger partial charge < -0.3 is 10.1 Å². The Balaban J connectivity index is 1.66. The Kier molecular flexibility index (Phi) is 5.33. The maximum atomic E-state index is 12.2. The van der Waals surface area contributed by atoms with Crippen LogP contribution in [0.25, 0.3) is 10.2 Å². The molecule has 2 aromatic carbocycles. The van der Waals surface area contributed by atoms with Gasteiger partial charge in [-0.2, -0.15) is 0 Å². The van der Waals surface area contributed by atoms with Crippen molar-refractivity contribution in [1.29, 1.82) is 0 Å². The van der Waals surface area contributed by atoms with E-state index >= 15 is 0 Å². The van der Waals surface area contributed by atoms with E-state index in [1.807, 2.05) is 0 Å². The lowest BCUT2D eigenvalue weighted by Gasteiger charge is -2.14. The fourth-order valence-electron chi connectivity index (χ4n) is 2.22. The van der Waals surface area contributed by atoms with E-state index in [2.05, 4.69) is 10.3 Å². The molecule has 0 saturated carbocycles. The number of esters is 1. The number of hydrogen-bond acceptors (Lipinski definition) is 7. The number of ether oxygens (including phenoxy) is 1. The molecule has 10 heteroatoms. The number of nitro groups is 1. The number of carbonyl (C=O) groups is 2. The van der Waals surface area contributed by atoms with Gasteiger partial charge in [0.25, 0.3) is 11.6 Å². The number of nitro benzene ring substituents is 1. The third-order valence-corrected chi connectivity index (χ3v) is 4.75. The predicted molar refractivity (Wildman–Crippen MR) is 101 cm³/mol. The third kappa shape index (κ3) is 4.21. The molecule has 1 N–H and O–H groups in total. The Bertz CT molecular complexity index is 1050. The first-order valence-corrected chi connectivity index (χ1v) is 8.90. The molecule has 27 heavy (non-hydrogen) atoms. The summed E-state index contributed by atoms with van der Waals surface area (Å²) in [5.74, 6) is -1.26. The molecule has 0 fully saturated rings. The van der Waals surface area contributed by atoms with Gasteiger partial charge in [0.05, 0.1) is 36.9 Å². The summed E-state index contributed by atoms with van der Waals surface area (Å²) in [7, 11) is 0. The lowest BCUT2D eigenvalue weighted by Crippen LogP contribution is -2.30. The van der Waals surface area contributed by atoms with Gasteiger partial charge in [0.15, 0.2) is 6.10 Å². The van der Waals surface area contributed by atoms with Crippen molar-refractivity contribution < 1.29 is 19.2 Å². The summed E-state index contributed by atoms with van der Waals surface area (Å²) in [6.07, 6.45) is -1.10. The Morgan fingerprint density at radius 3 is 2.78 bits per heavy atom. The Labute approximate surface area is 161 Å². The van der Waals surface area contributed by atoms with Crippen molar-refractivity contribution in [3.05, 3.63) is 62.6 Å². The van der Waals surface area contributed by atoms with Crippen LogP contribution >= 0.6 is 22.9 Å². The summed E-state index contributed by atoms with van der Waals surface area (Å²) < 4.78 is 6.01. The highest BCUT2D eigenvalue weighted by Crippen LogP contribution is 2.27. The van der Waals surface area contributed by atoms with Crippen LogP contribution in [-0.4, -0.2) is 27.9 Å². The van der Waals surface area contributed by atoms with Gasteiger partial charge in [-0.1, -0.05) is 11.6 Å². The van der Waals surface area contributed by atoms with Gasteiger partial charge in [-0.25, -0.2) is 9.78 Å². The van der Waals surface area contributed by atoms with Crippen LogP contribution in [0.15, 0.2) is 41.9 Å². The number of nitrogens with zero attached hydrogens (tertiary/aromatic N) is 2. The van der Waals surface area contributed by atoms with E-state index < -0.39 is 22.9 Å². The predicted octanol–water partition coefficient (Wildman–Crippen LogP) is 4.04. The largest absolute Gasteiger partial charge is 0.449 e. The average Bonchev–Trinajstić information content (AvgIpc) is 3.10. The second-order valence-electron chi connectivity index (χ2n) is 5.49. The summed E-state index contributed by atoms with van der Waals surface area (Å²) in [5.41, 5.74) is 2.73. The molecule has 0 aliphatic carbocycles. The summed E-state index contributed by atoms with van der Waals surface area (Å²) in [6.45, 7) is 1.41. The minimum Gasteiger partial charge on any atom is -0.449 e. The van der Waals surface area contributed by atoms with E-state index in [1.165, 1.54) is 30.4 Å². The summed E-state index contributed by atoms with van der Waals surface area (Å²) in [4.78, 5) is 38.7. The van der Waals surface area contributed by atoms with Crippen LogP contribution in [0.1, 0.15) is 17.3 Å². The molecule has 0 aliphatic rings. The monoisotopic (exact) mass is 405 g/mol. The van der Waals surface area contributed by atoms with Gasteiger partial charge in [-0.3, -0.25) is 14.9 Å². The molecule has 1 heterocycles. The fraction of sp³-hybridized carbons (Fsp3) is 0.118. The highest BCUT2D eigenvalue weighted by molar-refractivity contribution is 7.16. The van der Waals surface area contributed by atoms with Crippen LogP contribution in [0, 0.1) is 10.1 Å². The number of benzene rings is 2. The van der Waals surface area contributed by atoms with Crippen molar-refractivity contribution in [1.82, 2.24) is 4.98 Å². The molecule has 1 amide bonds. The number of thiazole rings is 1. The number of non-ortho nitro benzene ring substituents is 1. The Morgan fingerprint density at radius 1 is 1.30 bits per heavy atom. The quantitative estimate of drug-likeness (QED) is 0.389. The zero-order valence-electron chi connectivity index (χ0n) is 13.8. The first kappa shape index (κ1) is 18.7. The van der Waals surface area contributed by atoms with Crippen LogP contribution in [0.4, 0.5) is 11.4 Å². The second kappa shape index (κ2) is 7.68. The number of amides is 1. The van der Waals surface area contributed by atoms with Gasteiger partial charge >= 0.3 is 5.97 Å². The number of aromatic nitrogens is 1. The number of anilines is 1. The van der Waals surface area contributed by atoms with Gasteiger partial charge in [0.2, 0.25) is 0 Å². The number of halogens is 1. The topological polar surface area (TPSA) is 111 Å². The van der Waals surface area contributed by atoms with Gasteiger partial charge in [-0.05, 0) is 31.2 Å². The number of nitrogens with one attached hydrogen (secondary N) is 1. The number of fused-ring (bicyclic) bond motifs is 1. The van der Waals surface area contributed by atoms with Gasteiger partial charge in [-0.15, -0.1) is 11.3 Å². The van der Waals surface area contributed by atoms with Crippen molar-refractivity contribution in [2.24, 2.45) is 0 Å². The molecule has 0 radical (unpaired) electrons. The molecule has 0 bridgehead atoms. The third-order valence-electron chi connectivity index (χ3n) is 3.64. The van der Waals surface area contributed by atoms with E-state index in [0.717, 1.165) is 16.3 Å². The number of rotatable bonds is 5. The molecule has 0 unspecified atom stereocenters. The van der Waals surface area contributed by atoms with Crippen LogP contribution in [0.5, 0.6) is 0 Å². The van der Waals surface area contributed by atoms with Crippen molar-refractivity contribution in [2.45, 2.75) is 13.0 Å². The Hall–Kier alpha value is -3.04. The molecule has 1 aromatic heterocycles. The highest BCUT2D eigenvalue weighted by Gasteiger charge is 2.21. The average molecular weight is 406 g/mol. The summed E-state index contributed by atoms with van der Waals surface area (Å²) in [6, 6.07) is 8.56. The standard InChI is InChI=1S/C17H12ClN3O5S/c1-9(16(22)20-13-5-3-11(21(24)25)7-12(13)18)26-17(23)10-2-4-14-15(6-10)27-8-19-14/h2-9H,1H3,(H,20,22)/t9-/m0/s1. The van der Waals surface area contributed by atoms with Crippen molar-refractivity contribution in [3.63, 3.8) is 0 Å². The molecule has 3 aromatic rings. The molecular formula is C17H12ClN3O5S. The zero-order valence-corrected chi connectivity index (χ0v) is 15.4. The van der Waals surface area contributed by atoms with E-state index in [9.17, 15) is 19.7 Å². The smallest absolute Gasteiger partial charge is 0.338 e. The second-order valence-corrected chi connectivity index (χ2v) is 6.79. The minimum absolute atomic E-state index is 0.00623. The first-order valence-electron chi connectivity index (χ1n) is 7.64. The van der Waals surface area contributed by atoms with E-state index in [0.29, 0.717) is 5.56 Å². The van der Waals surface area contributed by atoms with Crippen LogP contribution < -0.4 is 5.32 Å². The lowest BCUT2D eigenvalue weighted by atomic mass is 10.2. The maximum Gasteiger partial charge on any atom is 0.338 e. The maximum absolute atomic E-state index is 12.2. The summed E-state index contributed by atoms with van der Waals surface area (Å²) in [5, 5.41) is 13.2. The minimum atomic E-state index is -1.10. The molecule has 3 rings (SSSR count). The van der Waals surface area contributed by atoms with Crippen LogP contribution in [0.2, 0.25) is 5.02 Å².